The van der Waals surface area contributed by atoms with Gasteiger partial charge in [0.25, 0.3) is 0 Å². The summed E-state index contributed by atoms with van der Waals surface area (Å²) in [5.74, 6) is -0.367. The highest BCUT2D eigenvalue weighted by molar-refractivity contribution is 5.89. The molecule has 1 amide bonds. The molecular formula is C22H33N3O3. The number of esters is 1. The number of amides is 1. The van der Waals surface area contributed by atoms with Crippen molar-refractivity contribution >= 4 is 17.6 Å². The van der Waals surface area contributed by atoms with Crippen molar-refractivity contribution in [3.63, 3.8) is 0 Å². The summed E-state index contributed by atoms with van der Waals surface area (Å²) in [7, 11) is 4.00. The lowest BCUT2D eigenvalue weighted by Gasteiger charge is -2.29. The van der Waals surface area contributed by atoms with Crippen LogP contribution in [-0.4, -0.2) is 57.1 Å². The van der Waals surface area contributed by atoms with Crippen LogP contribution < -0.4 is 15.0 Å². The average molecular weight is 388 g/mol. The lowest BCUT2D eigenvalue weighted by molar-refractivity contribution is -0.139. The van der Waals surface area contributed by atoms with Gasteiger partial charge >= 0.3 is 5.97 Å². The van der Waals surface area contributed by atoms with Gasteiger partial charge in [-0.25, -0.2) is 0 Å². The summed E-state index contributed by atoms with van der Waals surface area (Å²) in [4.78, 5) is 28.8. The van der Waals surface area contributed by atoms with E-state index in [9.17, 15) is 9.59 Å². The predicted octanol–water partition coefficient (Wildman–Crippen LogP) is 2.80. The van der Waals surface area contributed by atoms with Crippen molar-refractivity contribution in [2.75, 3.05) is 45.2 Å². The molecule has 0 saturated carbocycles. The highest BCUT2D eigenvalue weighted by atomic mass is 16.5. The zero-order valence-electron chi connectivity index (χ0n) is 17.7. The first-order valence-electron chi connectivity index (χ1n) is 10.1. The van der Waals surface area contributed by atoms with Crippen LogP contribution >= 0.6 is 0 Å². The molecule has 6 nitrogen and oxygen atoms in total. The highest BCUT2D eigenvalue weighted by Gasteiger charge is 2.33. The number of nitrogens with zero attached hydrogens (tertiary/aromatic N) is 2. The molecule has 1 aliphatic rings. The van der Waals surface area contributed by atoms with E-state index >= 15 is 0 Å². The van der Waals surface area contributed by atoms with Crippen molar-refractivity contribution in [2.45, 2.75) is 33.1 Å². The first-order valence-corrected chi connectivity index (χ1v) is 10.1. The summed E-state index contributed by atoms with van der Waals surface area (Å²) in [6.45, 7) is 9.53. The molecular weight excluding hydrogens is 354 g/mol. The fraction of sp³-hybridized carbons (Fsp3) is 0.545. The number of carbonyl (C=O) groups excluding carboxylic acids is 2. The van der Waals surface area contributed by atoms with Crippen molar-refractivity contribution in [3.8, 4) is 5.75 Å². The van der Waals surface area contributed by atoms with E-state index < -0.39 is 5.92 Å². The molecule has 0 spiro atoms. The van der Waals surface area contributed by atoms with Crippen LogP contribution in [0.2, 0.25) is 0 Å². The molecule has 6 heteroatoms. The lowest BCUT2D eigenvalue weighted by Crippen LogP contribution is -2.30. The van der Waals surface area contributed by atoms with Crippen LogP contribution in [0.4, 0.5) is 5.69 Å². The van der Waals surface area contributed by atoms with Crippen molar-refractivity contribution in [2.24, 2.45) is 5.92 Å². The quantitative estimate of drug-likeness (QED) is 0.306. The van der Waals surface area contributed by atoms with Crippen LogP contribution in [-0.2, 0) is 9.59 Å². The molecule has 154 valence electrons. The Morgan fingerprint density at radius 2 is 1.96 bits per heavy atom. The van der Waals surface area contributed by atoms with Crippen LogP contribution in [0.1, 0.15) is 38.7 Å². The SMILES string of the molecule is CCN(CC)c1ccc2c(c1)OC(=O)C(C=CC(=O)NCCCN(C)C)C2C. The summed E-state index contributed by atoms with van der Waals surface area (Å²) in [5, 5.41) is 2.85. The van der Waals surface area contributed by atoms with Crippen molar-refractivity contribution in [1.82, 2.24) is 10.2 Å². The number of ether oxygens (including phenoxy) is 1. The minimum Gasteiger partial charge on any atom is -0.426 e. The van der Waals surface area contributed by atoms with Gasteiger partial charge in [-0.3, -0.25) is 9.59 Å². The summed E-state index contributed by atoms with van der Waals surface area (Å²) in [6, 6.07) is 6.04. The molecule has 1 N–H and O–H groups in total. The van der Waals surface area contributed by atoms with Gasteiger partial charge in [-0.2, -0.15) is 0 Å². The number of anilines is 1. The van der Waals surface area contributed by atoms with Crippen molar-refractivity contribution < 1.29 is 14.3 Å². The van der Waals surface area contributed by atoms with Gasteiger partial charge in [-0.05, 0) is 58.6 Å². The molecule has 2 atom stereocenters. The van der Waals surface area contributed by atoms with E-state index in [1.807, 2.05) is 33.2 Å². The van der Waals surface area contributed by atoms with Crippen LogP contribution in [0.5, 0.6) is 5.75 Å². The molecule has 0 bridgehead atoms. The van der Waals surface area contributed by atoms with Gasteiger partial charge in [0, 0.05) is 37.3 Å². The van der Waals surface area contributed by atoms with E-state index in [0.29, 0.717) is 12.3 Å². The van der Waals surface area contributed by atoms with Gasteiger partial charge in [0.15, 0.2) is 0 Å². The van der Waals surface area contributed by atoms with Crippen molar-refractivity contribution in [3.05, 3.63) is 35.9 Å². The van der Waals surface area contributed by atoms with Crippen LogP contribution in [0.3, 0.4) is 0 Å². The number of hydrogen-bond donors (Lipinski definition) is 1. The fourth-order valence-electron chi connectivity index (χ4n) is 3.45. The fourth-order valence-corrected chi connectivity index (χ4v) is 3.45. The van der Waals surface area contributed by atoms with E-state index in [4.69, 9.17) is 4.74 Å². The summed E-state index contributed by atoms with van der Waals surface area (Å²) < 4.78 is 5.60. The molecule has 2 unspecified atom stereocenters. The second-order valence-electron chi connectivity index (χ2n) is 7.44. The van der Waals surface area contributed by atoms with Gasteiger partial charge in [-0.15, -0.1) is 0 Å². The third kappa shape index (κ3) is 5.58. The number of carbonyl (C=O) groups is 2. The first kappa shape index (κ1) is 22.0. The molecule has 2 rings (SSSR count). The zero-order chi connectivity index (χ0) is 20.7. The number of nitrogens with one attached hydrogen (secondary N) is 1. The molecule has 1 heterocycles. The Morgan fingerprint density at radius 3 is 2.61 bits per heavy atom. The maximum atomic E-state index is 12.5. The standard InChI is InChI=1S/C22H33N3O3/c1-6-25(7-2)17-9-10-18-16(3)19(22(27)28-20(18)15-17)11-12-21(26)23-13-8-14-24(4)5/h9-12,15-16,19H,6-8,13-14H2,1-5H3,(H,23,26). The van der Waals surface area contributed by atoms with Crippen LogP contribution in [0, 0.1) is 5.92 Å². The molecule has 0 aliphatic carbocycles. The Bertz CT molecular complexity index is 711. The molecule has 0 aromatic heterocycles. The summed E-state index contributed by atoms with van der Waals surface area (Å²) >= 11 is 0. The smallest absolute Gasteiger partial charge is 0.318 e. The Labute approximate surface area is 168 Å². The third-order valence-corrected chi connectivity index (χ3v) is 5.17. The molecule has 1 aromatic rings. The van der Waals surface area contributed by atoms with Crippen molar-refractivity contribution in [1.29, 1.82) is 0 Å². The topological polar surface area (TPSA) is 61.9 Å². The number of hydrogen-bond acceptors (Lipinski definition) is 5. The van der Waals surface area contributed by atoms with Gasteiger partial charge in [-0.1, -0.05) is 19.1 Å². The van der Waals surface area contributed by atoms with E-state index in [1.54, 1.807) is 6.08 Å². The minimum atomic E-state index is -0.459. The average Bonchev–Trinajstić information content (AvgIpc) is 2.65. The van der Waals surface area contributed by atoms with Gasteiger partial charge < -0.3 is 19.9 Å². The van der Waals surface area contributed by atoms with Gasteiger partial charge in [0.1, 0.15) is 5.75 Å². The summed E-state index contributed by atoms with van der Waals surface area (Å²) in [5.41, 5.74) is 2.05. The van der Waals surface area contributed by atoms with Crippen LogP contribution in [0.25, 0.3) is 0 Å². The number of rotatable bonds is 9. The number of benzene rings is 1. The Morgan fingerprint density at radius 1 is 1.25 bits per heavy atom. The molecule has 1 aromatic carbocycles. The zero-order valence-corrected chi connectivity index (χ0v) is 17.7. The second-order valence-corrected chi connectivity index (χ2v) is 7.44. The highest BCUT2D eigenvalue weighted by Crippen LogP contribution is 2.40. The lowest BCUT2D eigenvalue weighted by atomic mass is 9.84. The van der Waals surface area contributed by atoms with Gasteiger partial charge in [0.05, 0.1) is 5.92 Å². The largest absolute Gasteiger partial charge is 0.426 e. The number of fused-ring (bicyclic) bond motifs is 1. The Kier molecular flexibility index (Phi) is 8.05. The Hall–Kier alpha value is -2.34. The first-order chi connectivity index (χ1) is 13.4. The normalized spacial score (nSPS) is 18.9. The van der Waals surface area contributed by atoms with E-state index in [1.165, 1.54) is 6.08 Å². The molecule has 1 aliphatic heterocycles. The van der Waals surface area contributed by atoms with Gasteiger partial charge in [0.2, 0.25) is 5.91 Å². The monoisotopic (exact) mass is 387 g/mol. The maximum absolute atomic E-state index is 12.5. The molecule has 0 fully saturated rings. The third-order valence-electron chi connectivity index (χ3n) is 5.17. The maximum Gasteiger partial charge on any atom is 0.318 e. The predicted molar refractivity (Wildman–Crippen MR) is 113 cm³/mol. The van der Waals surface area contributed by atoms with Crippen LogP contribution in [0.15, 0.2) is 30.4 Å². The van der Waals surface area contributed by atoms with E-state index in [-0.39, 0.29) is 17.8 Å². The molecule has 0 radical (unpaired) electrons. The van der Waals surface area contributed by atoms with E-state index in [2.05, 4.69) is 35.0 Å². The molecule has 28 heavy (non-hydrogen) atoms. The summed E-state index contributed by atoms with van der Waals surface area (Å²) in [6.07, 6.45) is 4.00. The molecule has 0 saturated heterocycles. The Balaban J connectivity index is 2.03. The van der Waals surface area contributed by atoms with E-state index in [0.717, 1.165) is 37.3 Å². The minimum absolute atomic E-state index is 0.0419. The second kappa shape index (κ2) is 10.3.